The van der Waals surface area contributed by atoms with Crippen molar-refractivity contribution in [3.05, 3.63) is 54.1 Å². The Balaban J connectivity index is 2.41. The minimum Gasteiger partial charge on any atom is -0.192 e. The molecule has 1 atom stereocenters. The van der Waals surface area contributed by atoms with Crippen molar-refractivity contribution >= 4 is 5.57 Å². The van der Waals surface area contributed by atoms with Crippen LogP contribution in [0.3, 0.4) is 0 Å². The average molecular weight is 237 g/mol. The Labute approximate surface area is 109 Å². The van der Waals surface area contributed by atoms with Crippen LogP contribution in [0.5, 0.6) is 0 Å². The molecule has 0 aromatic heterocycles. The fourth-order valence-corrected chi connectivity index (χ4v) is 2.80. The van der Waals surface area contributed by atoms with Crippen LogP contribution in [0.1, 0.15) is 37.7 Å². The van der Waals surface area contributed by atoms with Crippen LogP contribution >= 0.6 is 0 Å². The summed E-state index contributed by atoms with van der Waals surface area (Å²) in [6.45, 7) is 3.84. The Bertz CT molecular complexity index is 476. The maximum Gasteiger partial charge on any atom is 0.0997 e. The molecule has 1 unspecified atom stereocenters. The van der Waals surface area contributed by atoms with E-state index in [1.54, 1.807) is 0 Å². The van der Waals surface area contributed by atoms with Gasteiger partial charge in [-0.1, -0.05) is 42.8 Å². The minimum atomic E-state index is 0.520. The third kappa shape index (κ3) is 2.71. The molecule has 0 aliphatic heterocycles. The van der Waals surface area contributed by atoms with E-state index in [2.05, 4.69) is 12.6 Å². The van der Waals surface area contributed by atoms with E-state index < -0.39 is 0 Å². The Morgan fingerprint density at radius 3 is 2.78 bits per heavy atom. The van der Waals surface area contributed by atoms with Crippen LogP contribution in [0.2, 0.25) is 0 Å². The Morgan fingerprint density at radius 2 is 2.11 bits per heavy atom. The molecule has 0 radical (unpaired) electrons. The lowest BCUT2D eigenvalue weighted by molar-refractivity contribution is 0.459. The largest absolute Gasteiger partial charge is 0.192 e. The molecule has 0 saturated heterocycles. The van der Waals surface area contributed by atoms with Crippen LogP contribution in [0, 0.1) is 17.2 Å². The van der Waals surface area contributed by atoms with Gasteiger partial charge in [0.15, 0.2) is 0 Å². The van der Waals surface area contributed by atoms with Gasteiger partial charge in [-0.05, 0) is 42.7 Å². The second kappa shape index (κ2) is 6.21. The van der Waals surface area contributed by atoms with Crippen molar-refractivity contribution < 1.29 is 0 Å². The molecule has 0 N–H and O–H groups in total. The van der Waals surface area contributed by atoms with Crippen molar-refractivity contribution in [2.24, 2.45) is 5.92 Å². The molecule has 1 aliphatic rings. The standard InChI is InChI=1S/C17H19N/c1-2-8-14-11-6-7-12-16(14)17(13-18)15-9-4-3-5-10-15/h2-5,9-10,14H,1,6-8,11-12H2/b17-16-. The molecule has 1 aromatic carbocycles. The number of rotatable bonds is 3. The number of hydrogen-bond acceptors (Lipinski definition) is 1. The highest BCUT2D eigenvalue weighted by Gasteiger charge is 2.21. The molecule has 92 valence electrons. The van der Waals surface area contributed by atoms with E-state index in [-0.39, 0.29) is 0 Å². The van der Waals surface area contributed by atoms with Gasteiger partial charge in [0.25, 0.3) is 0 Å². The molecule has 1 saturated carbocycles. The number of allylic oxidation sites excluding steroid dienone is 3. The minimum absolute atomic E-state index is 0.520. The highest BCUT2D eigenvalue weighted by Crippen LogP contribution is 2.36. The lowest BCUT2D eigenvalue weighted by Crippen LogP contribution is -2.11. The highest BCUT2D eigenvalue weighted by atomic mass is 14.3. The van der Waals surface area contributed by atoms with Gasteiger partial charge in [-0.15, -0.1) is 6.58 Å². The van der Waals surface area contributed by atoms with E-state index in [0.29, 0.717) is 5.92 Å². The third-order valence-corrected chi connectivity index (χ3v) is 3.69. The molecule has 2 rings (SSSR count). The highest BCUT2D eigenvalue weighted by molar-refractivity contribution is 5.79. The van der Waals surface area contributed by atoms with Crippen molar-refractivity contribution in [3.8, 4) is 6.07 Å². The van der Waals surface area contributed by atoms with E-state index in [4.69, 9.17) is 0 Å². The van der Waals surface area contributed by atoms with Gasteiger partial charge in [-0.2, -0.15) is 5.26 Å². The summed E-state index contributed by atoms with van der Waals surface area (Å²) < 4.78 is 0. The van der Waals surface area contributed by atoms with Crippen LogP contribution in [0.15, 0.2) is 48.6 Å². The van der Waals surface area contributed by atoms with Gasteiger partial charge in [-0.25, -0.2) is 0 Å². The molecule has 0 bridgehead atoms. The molecular weight excluding hydrogens is 218 g/mol. The molecule has 1 heteroatoms. The predicted molar refractivity (Wildman–Crippen MR) is 75.7 cm³/mol. The second-order valence-corrected chi connectivity index (χ2v) is 4.85. The van der Waals surface area contributed by atoms with E-state index in [1.807, 2.05) is 36.4 Å². The zero-order valence-electron chi connectivity index (χ0n) is 10.7. The first-order chi connectivity index (χ1) is 8.86. The van der Waals surface area contributed by atoms with Crippen LogP contribution < -0.4 is 0 Å². The van der Waals surface area contributed by atoms with Crippen LogP contribution in [0.4, 0.5) is 0 Å². The molecule has 18 heavy (non-hydrogen) atoms. The van der Waals surface area contributed by atoms with E-state index in [9.17, 15) is 5.26 Å². The first kappa shape index (κ1) is 12.6. The van der Waals surface area contributed by atoms with Crippen molar-refractivity contribution in [2.45, 2.75) is 32.1 Å². The van der Waals surface area contributed by atoms with E-state index in [1.165, 1.54) is 24.8 Å². The SMILES string of the molecule is C=CCC1CCCC/C1=C(\C#N)c1ccccc1. The van der Waals surface area contributed by atoms with Gasteiger partial charge in [-0.3, -0.25) is 0 Å². The second-order valence-electron chi connectivity index (χ2n) is 4.85. The summed E-state index contributed by atoms with van der Waals surface area (Å²) in [5.41, 5.74) is 3.29. The van der Waals surface area contributed by atoms with Gasteiger partial charge in [0, 0.05) is 0 Å². The Morgan fingerprint density at radius 1 is 1.33 bits per heavy atom. The Kier molecular flexibility index (Phi) is 4.36. The topological polar surface area (TPSA) is 23.8 Å². The third-order valence-electron chi connectivity index (χ3n) is 3.69. The first-order valence-corrected chi connectivity index (χ1v) is 6.66. The fraction of sp³-hybridized carbons (Fsp3) is 0.353. The fourth-order valence-electron chi connectivity index (χ4n) is 2.80. The van der Waals surface area contributed by atoms with Crippen LogP contribution in [-0.4, -0.2) is 0 Å². The summed E-state index contributed by atoms with van der Waals surface area (Å²) in [6.07, 6.45) is 7.72. The van der Waals surface area contributed by atoms with E-state index in [0.717, 1.165) is 24.0 Å². The van der Waals surface area contributed by atoms with Crippen molar-refractivity contribution in [2.75, 3.05) is 0 Å². The molecule has 1 aliphatic carbocycles. The molecule has 0 amide bonds. The van der Waals surface area contributed by atoms with Crippen molar-refractivity contribution in [3.63, 3.8) is 0 Å². The lowest BCUT2D eigenvalue weighted by Gasteiger charge is -2.25. The zero-order chi connectivity index (χ0) is 12.8. The molecule has 1 fully saturated rings. The van der Waals surface area contributed by atoms with Gasteiger partial charge >= 0.3 is 0 Å². The van der Waals surface area contributed by atoms with Crippen molar-refractivity contribution in [1.82, 2.24) is 0 Å². The number of nitriles is 1. The van der Waals surface area contributed by atoms with Gasteiger partial charge in [0.1, 0.15) is 0 Å². The summed E-state index contributed by atoms with van der Waals surface area (Å²) in [5.74, 6) is 0.520. The lowest BCUT2D eigenvalue weighted by atomic mass is 9.78. The normalized spacial score (nSPS) is 22.1. The molecular formula is C17H19N. The quantitative estimate of drug-likeness (QED) is 0.550. The summed E-state index contributed by atoms with van der Waals surface area (Å²) in [5, 5.41) is 9.48. The van der Waals surface area contributed by atoms with Gasteiger partial charge < -0.3 is 0 Å². The first-order valence-electron chi connectivity index (χ1n) is 6.66. The average Bonchev–Trinajstić information content (AvgIpc) is 2.43. The summed E-state index contributed by atoms with van der Waals surface area (Å²) in [6, 6.07) is 12.5. The Hall–Kier alpha value is -1.81. The maximum atomic E-state index is 9.48. The number of nitrogens with zero attached hydrogens (tertiary/aromatic N) is 1. The predicted octanol–water partition coefficient (Wildman–Crippen LogP) is 4.73. The maximum absolute atomic E-state index is 9.48. The monoisotopic (exact) mass is 237 g/mol. The van der Waals surface area contributed by atoms with Crippen LogP contribution in [-0.2, 0) is 0 Å². The van der Waals surface area contributed by atoms with Gasteiger partial charge in [0.2, 0.25) is 0 Å². The number of benzene rings is 1. The summed E-state index contributed by atoms with van der Waals surface area (Å²) in [7, 11) is 0. The van der Waals surface area contributed by atoms with Gasteiger partial charge in [0.05, 0.1) is 11.6 Å². The van der Waals surface area contributed by atoms with Crippen molar-refractivity contribution in [1.29, 1.82) is 5.26 Å². The molecule has 0 heterocycles. The number of hydrogen-bond donors (Lipinski definition) is 0. The smallest absolute Gasteiger partial charge is 0.0997 e. The molecule has 1 aromatic rings. The summed E-state index contributed by atoms with van der Waals surface area (Å²) >= 11 is 0. The van der Waals surface area contributed by atoms with E-state index >= 15 is 0 Å². The molecule has 1 nitrogen and oxygen atoms in total. The summed E-state index contributed by atoms with van der Waals surface area (Å²) in [4.78, 5) is 0. The van der Waals surface area contributed by atoms with Crippen LogP contribution in [0.25, 0.3) is 5.57 Å². The zero-order valence-corrected chi connectivity index (χ0v) is 10.7. The molecule has 0 spiro atoms.